The van der Waals surface area contributed by atoms with Crippen molar-refractivity contribution in [1.82, 2.24) is 4.90 Å². The molecule has 18 heavy (non-hydrogen) atoms. The quantitative estimate of drug-likeness (QED) is 0.824. The third-order valence-electron chi connectivity index (χ3n) is 4.00. The van der Waals surface area contributed by atoms with Gasteiger partial charge in [-0.05, 0) is 32.1 Å². The van der Waals surface area contributed by atoms with Crippen molar-refractivity contribution in [3.63, 3.8) is 0 Å². The molecule has 5 heteroatoms. The maximum Gasteiger partial charge on any atom is 0.326 e. The van der Waals surface area contributed by atoms with Gasteiger partial charge in [-0.1, -0.05) is 6.92 Å². The van der Waals surface area contributed by atoms with Gasteiger partial charge in [0.15, 0.2) is 0 Å². The van der Waals surface area contributed by atoms with Gasteiger partial charge in [-0.25, -0.2) is 4.79 Å². The van der Waals surface area contributed by atoms with Crippen molar-refractivity contribution in [2.75, 3.05) is 13.2 Å². The number of nitrogens with zero attached hydrogens (tertiary/aromatic N) is 1. The molecular weight excluding hydrogens is 234 g/mol. The highest BCUT2D eigenvalue weighted by Crippen LogP contribution is 2.28. The van der Waals surface area contributed by atoms with E-state index in [4.69, 9.17) is 4.74 Å². The summed E-state index contributed by atoms with van der Waals surface area (Å²) in [7, 11) is 0. The maximum absolute atomic E-state index is 12.5. The summed E-state index contributed by atoms with van der Waals surface area (Å²) in [5.41, 5.74) is 0. The summed E-state index contributed by atoms with van der Waals surface area (Å²) in [6.45, 7) is 3.18. The van der Waals surface area contributed by atoms with E-state index >= 15 is 0 Å². The molecule has 1 amide bonds. The average molecular weight is 255 g/mol. The first-order chi connectivity index (χ1) is 8.65. The van der Waals surface area contributed by atoms with Crippen LogP contribution in [0.2, 0.25) is 0 Å². The molecule has 2 heterocycles. The van der Waals surface area contributed by atoms with Crippen LogP contribution in [-0.2, 0) is 14.3 Å². The smallest absolute Gasteiger partial charge is 0.326 e. The fourth-order valence-corrected chi connectivity index (χ4v) is 3.00. The summed E-state index contributed by atoms with van der Waals surface area (Å²) in [6.07, 6.45) is 3.86. The molecule has 0 aliphatic carbocycles. The van der Waals surface area contributed by atoms with Gasteiger partial charge in [-0.3, -0.25) is 4.79 Å². The lowest BCUT2D eigenvalue weighted by atomic mass is 9.94. The number of amides is 1. The molecule has 5 nitrogen and oxygen atoms in total. The predicted molar refractivity (Wildman–Crippen MR) is 65.1 cm³/mol. The lowest BCUT2D eigenvalue weighted by molar-refractivity contribution is -0.154. The first-order valence-corrected chi connectivity index (χ1v) is 6.80. The van der Waals surface area contributed by atoms with E-state index in [1.807, 2.05) is 6.92 Å². The molecule has 0 radical (unpaired) electrons. The molecule has 2 unspecified atom stereocenters. The summed E-state index contributed by atoms with van der Waals surface area (Å²) < 4.78 is 5.53. The highest BCUT2D eigenvalue weighted by atomic mass is 16.5. The van der Waals surface area contributed by atoms with Crippen LogP contribution >= 0.6 is 0 Å². The molecule has 2 aliphatic heterocycles. The van der Waals surface area contributed by atoms with E-state index in [0.717, 1.165) is 25.7 Å². The van der Waals surface area contributed by atoms with E-state index in [1.54, 1.807) is 4.90 Å². The zero-order valence-corrected chi connectivity index (χ0v) is 10.8. The Morgan fingerprint density at radius 3 is 2.78 bits per heavy atom. The molecule has 1 N–H and O–H groups in total. The number of hydrogen-bond acceptors (Lipinski definition) is 3. The number of hydrogen-bond donors (Lipinski definition) is 1. The van der Waals surface area contributed by atoms with Crippen molar-refractivity contribution in [2.45, 2.75) is 51.2 Å². The number of piperidine rings is 1. The van der Waals surface area contributed by atoms with Crippen LogP contribution in [0.5, 0.6) is 0 Å². The van der Waals surface area contributed by atoms with Crippen molar-refractivity contribution < 1.29 is 19.4 Å². The second kappa shape index (κ2) is 5.69. The van der Waals surface area contributed by atoms with Gasteiger partial charge >= 0.3 is 5.97 Å². The lowest BCUT2D eigenvalue weighted by Crippen LogP contribution is -2.51. The Morgan fingerprint density at radius 2 is 2.11 bits per heavy atom. The number of likely N-dealkylation sites (tertiary alicyclic amines) is 1. The van der Waals surface area contributed by atoms with Gasteiger partial charge in [0, 0.05) is 13.2 Å². The molecule has 2 saturated heterocycles. The topological polar surface area (TPSA) is 66.8 Å². The Morgan fingerprint density at radius 1 is 1.33 bits per heavy atom. The van der Waals surface area contributed by atoms with Crippen LogP contribution in [0.25, 0.3) is 0 Å². The Balaban J connectivity index is 2.08. The number of rotatable bonds is 3. The van der Waals surface area contributed by atoms with Crippen molar-refractivity contribution in [3.05, 3.63) is 0 Å². The van der Waals surface area contributed by atoms with Crippen LogP contribution in [0.4, 0.5) is 0 Å². The molecule has 0 saturated carbocycles. The van der Waals surface area contributed by atoms with Gasteiger partial charge in [0.25, 0.3) is 0 Å². The van der Waals surface area contributed by atoms with Crippen molar-refractivity contribution in [2.24, 2.45) is 5.92 Å². The summed E-state index contributed by atoms with van der Waals surface area (Å²) in [6, 6.07) is -0.635. The lowest BCUT2D eigenvalue weighted by Gasteiger charge is -2.35. The Labute approximate surface area is 107 Å². The molecule has 2 aliphatic rings. The van der Waals surface area contributed by atoms with E-state index in [1.165, 1.54) is 0 Å². The molecule has 0 aromatic rings. The molecule has 0 aromatic carbocycles. The monoisotopic (exact) mass is 255 g/mol. The zero-order chi connectivity index (χ0) is 13.1. The Bertz CT molecular complexity index is 331. The SMILES string of the molecule is CCC1OCCC1C(=O)N1CCCC[C@H]1C(=O)O. The number of carbonyl (C=O) groups is 2. The first-order valence-electron chi connectivity index (χ1n) is 6.80. The number of carbonyl (C=O) groups excluding carboxylic acids is 1. The van der Waals surface area contributed by atoms with Gasteiger partial charge < -0.3 is 14.7 Å². The highest BCUT2D eigenvalue weighted by Gasteiger charge is 2.40. The largest absolute Gasteiger partial charge is 0.480 e. The van der Waals surface area contributed by atoms with Crippen LogP contribution in [0.3, 0.4) is 0 Å². The van der Waals surface area contributed by atoms with Crippen molar-refractivity contribution in [1.29, 1.82) is 0 Å². The predicted octanol–water partition coefficient (Wildman–Crippen LogP) is 1.27. The standard InChI is InChI=1S/C13H21NO4/c1-2-11-9(6-8-18-11)12(15)14-7-4-3-5-10(14)13(16)17/h9-11H,2-8H2,1H3,(H,16,17)/t9?,10-,11?/m0/s1. The second-order valence-corrected chi connectivity index (χ2v) is 5.09. The van der Waals surface area contributed by atoms with Gasteiger partial charge in [0.1, 0.15) is 6.04 Å². The van der Waals surface area contributed by atoms with Gasteiger partial charge in [0.2, 0.25) is 5.91 Å². The zero-order valence-electron chi connectivity index (χ0n) is 10.8. The van der Waals surface area contributed by atoms with E-state index in [2.05, 4.69) is 0 Å². The first kappa shape index (κ1) is 13.3. The van der Waals surface area contributed by atoms with Gasteiger partial charge in [-0.2, -0.15) is 0 Å². The van der Waals surface area contributed by atoms with Crippen molar-refractivity contribution in [3.8, 4) is 0 Å². The summed E-state index contributed by atoms with van der Waals surface area (Å²) in [4.78, 5) is 25.2. The molecule has 3 atom stereocenters. The average Bonchev–Trinajstić information content (AvgIpc) is 2.86. The molecule has 102 valence electrons. The van der Waals surface area contributed by atoms with Crippen molar-refractivity contribution >= 4 is 11.9 Å². The summed E-state index contributed by atoms with van der Waals surface area (Å²) >= 11 is 0. The molecule has 0 bridgehead atoms. The van der Waals surface area contributed by atoms with Crippen LogP contribution in [0, 0.1) is 5.92 Å². The molecule has 0 spiro atoms. The molecule has 2 rings (SSSR count). The summed E-state index contributed by atoms with van der Waals surface area (Å²) in [5, 5.41) is 9.20. The van der Waals surface area contributed by atoms with E-state index in [-0.39, 0.29) is 17.9 Å². The molecule has 0 aromatic heterocycles. The minimum atomic E-state index is -0.880. The second-order valence-electron chi connectivity index (χ2n) is 5.09. The fraction of sp³-hybridized carbons (Fsp3) is 0.846. The summed E-state index contributed by atoms with van der Waals surface area (Å²) in [5.74, 6) is -1.04. The van der Waals surface area contributed by atoms with Gasteiger partial charge in [0.05, 0.1) is 12.0 Å². The number of carboxylic acids is 1. The van der Waals surface area contributed by atoms with Crippen LogP contribution in [0.15, 0.2) is 0 Å². The minimum Gasteiger partial charge on any atom is -0.480 e. The maximum atomic E-state index is 12.5. The fourth-order valence-electron chi connectivity index (χ4n) is 3.00. The molecular formula is C13H21NO4. The van der Waals surface area contributed by atoms with Crippen LogP contribution in [0.1, 0.15) is 39.0 Å². The number of ether oxygens (including phenoxy) is 1. The minimum absolute atomic E-state index is 0.0218. The van der Waals surface area contributed by atoms with Gasteiger partial charge in [-0.15, -0.1) is 0 Å². The van der Waals surface area contributed by atoms with E-state index in [0.29, 0.717) is 19.6 Å². The molecule has 2 fully saturated rings. The normalized spacial score (nSPS) is 32.5. The Kier molecular flexibility index (Phi) is 4.22. The third-order valence-corrected chi connectivity index (χ3v) is 4.00. The van der Waals surface area contributed by atoms with E-state index in [9.17, 15) is 14.7 Å². The third kappa shape index (κ3) is 2.51. The van der Waals surface area contributed by atoms with E-state index < -0.39 is 12.0 Å². The highest BCUT2D eigenvalue weighted by molar-refractivity contribution is 5.85. The Hall–Kier alpha value is -1.10. The number of carboxylic acid groups (broad SMARTS) is 1. The van der Waals surface area contributed by atoms with Crippen LogP contribution in [-0.4, -0.2) is 47.2 Å². The number of aliphatic carboxylic acids is 1. The van der Waals surface area contributed by atoms with Crippen LogP contribution < -0.4 is 0 Å².